The SMILES string of the molecule is Cc1cc(NC(=O)CCN2CCC(CN)C2)no1.Cl. The second-order valence-electron chi connectivity index (χ2n) is 4.81. The molecule has 2 heterocycles. The van der Waals surface area contributed by atoms with Crippen molar-refractivity contribution in [3.63, 3.8) is 0 Å². The minimum absolute atomic E-state index is 0. The first-order valence-electron chi connectivity index (χ1n) is 6.33. The number of aryl methyl sites for hydroxylation is 1. The van der Waals surface area contributed by atoms with Crippen LogP contribution < -0.4 is 11.1 Å². The third-order valence-corrected chi connectivity index (χ3v) is 3.25. The summed E-state index contributed by atoms with van der Waals surface area (Å²) in [6.07, 6.45) is 1.61. The molecule has 1 fully saturated rings. The molecule has 0 spiro atoms. The van der Waals surface area contributed by atoms with Crippen molar-refractivity contribution < 1.29 is 9.32 Å². The van der Waals surface area contributed by atoms with E-state index in [9.17, 15) is 4.79 Å². The van der Waals surface area contributed by atoms with E-state index in [1.54, 1.807) is 13.0 Å². The molecular formula is C12H21ClN4O2. The van der Waals surface area contributed by atoms with Crippen molar-refractivity contribution in [1.82, 2.24) is 10.1 Å². The lowest BCUT2D eigenvalue weighted by atomic mass is 10.1. The number of rotatable bonds is 5. The molecule has 1 aliphatic heterocycles. The van der Waals surface area contributed by atoms with E-state index in [-0.39, 0.29) is 18.3 Å². The van der Waals surface area contributed by atoms with Gasteiger partial charge in [-0.25, -0.2) is 0 Å². The Balaban J connectivity index is 0.00000180. The number of amides is 1. The van der Waals surface area contributed by atoms with E-state index in [2.05, 4.69) is 15.4 Å². The Kier molecular flexibility index (Phi) is 6.27. The number of nitrogens with zero attached hydrogens (tertiary/aromatic N) is 2. The number of likely N-dealkylation sites (tertiary alicyclic amines) is 1. The Hall–Kier alpha value is -1.11. The zero-order valence-electron chi connectivity index (χ0n) is 11.1. The molecule has 1 unspecified atom stereocenters. The minimum Gasteiger partial charge on any atom is -0.360 e. The summed E-state index contributed by atoms with van der Waals surface area (Å²) in [6.45, 7) is 5.35. The van der Waals surface area contributed by atoms with Crippen LogP contribution in [0.3, 0.4) is 0 Å². The quantitative estimate of drug-likeness (QED) is 0.845. The molecule has 0 saturated carbocycles. The van der Waals surface area contributed by atoms with E-state index in [1.807, 2.05) is 0 Å². The van der Waals surface area contributed by atoms with E-state index < -0.39 is 0 Å². The lowest BCUT2D eigenvalue weighted by molar-refractivity contribution is -0.116. The standard InChI is InChI=1S/C12H20N4O2.ClH/c1-9-6-11(15-18-9)14-12(17)3-5-16-4-2-10(7-13)8-16;/h6,10H,2-5,7-8,13H2,1H3,(H,14,15,17);1H. The number of carbonyl (C=O) groups is 1. The molecule has 0 bridgehead atoms. The van der Waals surface area contributed by atoms with Crippen molar-refractivity contribution >= 4 is 24.1 Å². The van der Waals surface area contributed by atoms with Gasteiger partial charge in [0.15, 0.2) is 5.82 Å². The van der Waals surface area contributed by atoms with Gasteiger partial charge in [0.1, 0.15) is 5.76 Å². The molecule has 0 aromatic carbocycles. The molecule has 2 rings (SSSR count). The van der Waals surface area contributed by atoms with Crippen LogP contribution in [0.25, 0.3) is 0 Å². The summed E-state index contributed by atoms with van der Waals surface area (Å²) in [4.78, 5) is 14.0. The van der Waals surface area contributed by atoms with Gasteiger partial charge in [-0.1, -0.05) is 5.16 Å². The van der Waals surface area contributed by atoms with Gasteiger partial charge in [0, 0.05) is 25.6 Å². The maximum Gasteiger partial charge on any atom is 0.226 e. The second kappa shape index (κ2) is 7.47. The third-order valence-electron chi connectivity index (χ3n) is 3.25. The average molecular weight is 289 g/mol. The van der Waals surface area contributed by atoms with Crippen molar-refractivity contribution in [2.45, 2.75) is 19.8 Å². The Morgan fingerprint density at radius 1 is 1.68 bits per heavy atom. The zero-order valence-corrected chi connectivity index (χ0v) is 11.9. The highest BCUT2D eigenvalue weighted by molar-refractivity contribution is 5.89. The van der Waals surface area contributed by atoms with E-state index >= 15 is 0 Å². The molecule has 1 aliphatic rings. The van der Waals surface area contributed by atoms with Gasteiger partial charge in [0.25, 0.3) is 0 Å². The molecule has 6 nitrogen and oxygen atoms in total. The summed E-state index contributed by atoms with van der Waals surface area (Å²) in [6, 6.07) is 1.71. The summed E-state index contributed by atoms with van der Waals surface area (Å²) >= 11 is 0. The number of halogens is 1. The maximum absolute atomic E-state index is 11.7. The number of nitrogens with two attached hydrogens (primary N) is 1. The zero-order chi connectivity index (χ0) is 13.0. The van der Waals surface area contributed by atoms with Crippen molar-refractivity contribution in [3.8, 4) is 0 Å². The van der Waals surface area contributed by atoms with Crippen molar-refractivity contribution in [1.29, 1.82) is 0 Å². The summed E-state index contributed by atoms with van der Waals surface area (Å²) in [5.74, 6) is 1.74. The van der Waals surface area contributed by atoms with Crippen molar-refractivity contribution in [3.05, 3.63) is 11.8 Å². The molecule has 1 aromatic rings. The normalized spacial score (nSPS) is 19.2. The van der Waals surface area contributed by atoms with E-state index in [0.717, 1.165) is 32.6 Å². The first kappa shape index (κ1) is 15.9. The highest BCUT2D eigenvalue weighted by atomic mass is 35.5. The molecule has 0 aliphatic carbocycles. The number of nitrogens with one attached hydrogen (secondary N) is 1. The molecule has 1 saturated heterocycles. The van der Waals surface area contributed by atoms with Crippen LogP contribution >= 0.6 is 12.4 Å². The van der Waals surface area contributed by atoms with Crippen LogP contribution in [0.15, 0.2) is 10.6 Å². The molecule has 1 atom stereocenters. The molecule has 3 N–H and O–H groups in total. The lowest BCUT2D eigenvalue weighted by Gasteiger charge is -2.14. The van der Waals surface area contributed by atoms with Gasteiger partial charge < -0.3 is 20.5 Å². The van der Waals surface area contributed by atoms with Gasteiger partial charge in [-0.3, -0.25) is 4.79 Å². The Morgan fingerprint density at radius 2 is 2.47 bits per heavy atom. The van der Waals surface area contributed by atoms with Gasteiger partial charge in [0.05, 0.1) is 0 Å². The number of anilines is 1. The van der Waals surface area contributed by atoms with Gasteiger partial charge in [-0.2, -0.15) is 0 Å². The molecule has 1 aromatic heterocycles. The Bertz CT molecular complexity index is 410. The monoisotopic (exact) mass is 288 g/mol. The van der Waals surface area contributed by atoms with Crippen LogP contribution in [0.1, 0.15) is 18.6 Å². The summed E-state index contributed by atoms with van der Waals surface area (Å²) in [5, 5.41) is 6.44. The third kappa shape index (κ3) is 4.81. The van der Waals surface area contributed by atoms with Crippen LogP contribution in [0, 0.1) is 12.8 Å². The van der Waals surface area contributed by atoms with Crippen molar-refractivity contribution in [2.75, 3.05) is 31.5 Å². The second-order valence-corrected chi connectivity index (χ2v) is 4.81. The minimum atomic E-state index is -0.0282. The smallest absolute Gasteiger partial charge is 0.226 e. The fraction of sp³-hybridized carbons (Fsp3) is 0.667. The van der Waals surface area contributed by atoms with Crippen LogP contribution in [-0.4, -0.2) is 42.1 Å². The summed E-state index contributed by atoms with van der Waals surface area (Å²) < 4.78 is 4.88. The largest absolute Gasteiger partial charge is 0.360 e. The van der Waals surface area contributed by atoms with Crippen LogP contribution in [0.4, 0.5) is 5.82 Å². The van der Waals surface area contributed by atoms with Gasteiger partial charge >= 0.3 is 0 Å². The predicted molar refractivity (Wildman–Crippen MR) is 75.3 cm³/mol. The van der Waals surface area contributed by atoms with Crippen LogP contribution in [-0.2, 0) is 4.79 Å². The summed E-state index contributed by atoms with van der Waals surface area (Å²) in [5.41, 5.74) is 5.63. The van der Waals surface area contributed by atoms with E-state index in [0.29, 0.717) is 23.9 Å². The van der Waals surface area contributed by atoms with E-state index in [1.165, 1.54) is 0 Å². The molecule has 19 heavy (non-hydrogen) atoms. The highest BCUT2D eigenvalue weighted by Gasteiger charge is 2.21. The number of hydrogen-bond donors (Lipinski definition) is 2. The van der Waals surface area contributed by atoms with Crippen LogP contribution in [0.2, 0.25) is 0 Å². The molecule has 7 heteroatoms. The number of carbonyl (C=O) groups excluding carboxylic acids is 1. The average Bonchev–Trinajstić information content (AvgIpc) is 2.95. The first-order valence-corrected chi connectivity index (χ1v) is 6.33. The summed E-state index contributed by atoms with van der Waals surface area (Å²) in [7, 11) is 0. The fourth-order valence-corrected chi connectivity index (χ4v) is 2.20. The number of aromatic nitrogens is 1. The topological polar surface area (TPSA) is 84.4 Å². The van der Waals surface area contributed by atoms with Gasteiger partial charge in [-0.05, 0) is 32.4 Å². The molecular weight excluding hydrogens is 268 g/mol. The maximum atomic E-state index is 11.7. The molecule has 108 valence electrons. The van der Waals surface area contributed by atoms with Crippen molar-refractivity contribution in [2.24, 2.45) is 11.7 Å². The predicted octanol–water partition coefficient (Wildman–Crippen LogP) is 1.01. The highest BCUT2D eigenvalue weighted by Crippen LogP contribution is 2.15. The van der Waals surface area contributed by atoms with E-state index in [4.69, 9.17) is 10.3 Å². The van der Waals surface area contributed by atoms with Crippen LogP contribution in [0.5, 0.6) is 0 Å². The van der Waals surface area contributed by atoms with Gasteiger partial charge in [-0.15, -0.1) is 12.4 Å². The number of hydrogen-bond acceptors (Lipinski definition) is 5. The molecule has 0 radical (unpaired) electrons. The Morgan fingerprint density at radius 3 is 3.05 bits per heavy atom. The fourth-order valence-electron chi connectivity index (χ4n) is 2.20. The molecule has 1 amide bonds. The lowest BCUT2D eigenvalue weighted by Crippen LogP contribution is -2.27. The van der Waals surface area contributed by atoms with Gasteiger partial charge in [0.2, 0.25) is 5.91 Å². The Labute approximate surface area is 119 Å². The first-order chi connectivity index (χ1) is 8.67.